The van der Waals surface area contributed by atoms with E-state index in [0.717, 1.165) is 5.76 Å². The van der Waals surface area contributed by atoms with Gasteiger partial charge < -0.3 is 9.73 Å². The maximum atomic E-state index is 11.5. The van der Waals surface area contributed by atoms with Crippen molar-refractivity contribution in [1.29, 1.82) is 0 Å². The number of carbonyl (C=O) groups is 1. The second-order valence-corrected chi connectivity index (χ2v) is 3.33. The van der Waals surface area contributed by atoms with Crippen molar-refractivity contribution in [2.75, 3.05) is 6.54 Å². The van der Waals surface area contributed by atoms with Gasteiger partial charge in [-0.3, -0.25) is 9.89 Å². The molecule has 0 radical (unpaired) electrons. The van der Waals surface area contributed by atoms with Crippen LogP contribution in [0, 0.1) is 6.92 Å². The fraction of sp³-hybridized carbons (Fsp3) is 0.300. The summed E-state index contributed by atoms with van der Waals surface area (Å²) in [4.78, 5) is 15.4. The molecule has 2 heterocycles. The van der Waals surface area contributed by atoms with Crippen molar-refractivity contribution in [2.24, 2.45) is 0 Å². The first-order valence-corrected chi connectivity index (χ1v) is 4.95. The van der Waals surface area contributed by atoms with Gasteiger partial charge in [-0.25, -0.2) is 4.98 Å². The van der Waals surface area contributed by atoms with E-state index in [0.29, 0.717) is 18.8 Å². The third kappa shape index (κ3) is 2.47. The zero-order chi connectivity index (χ0) is 11.4. The van der Waals surface area contributed by atoms with Crippen molar-refractivity contribution in [3.05, 3.63) is 35.8 Å². The molecule has 1 amide bonds. The first-order chi connectivity index (χ1) is 7.75. The Labute approximate surface area is 92.1 Å². The first-order valence-electron chi connectivity index (χ1n) is 4.95. The number of H-pyrrole nitrogens is 1. The molecule has 6 nitrogen and oxygen atoms in total. The van der Waals surface area contributed by atoms with Crippen molar-refractivity contribution in [3.8, 4) is 0 Å². The minimum absolute atomic E-state index is 0.164. The Morgan fingerprint density at radius 2 is 2.50 bits per heavy atom. The highest BCUT2D eigenvalue weighted by Crippen LogP contribution is 1.99. The number of carbonyl (C=O) groups excluding carboxylic acids is 1. The lowest BCUT2D eigenvalue weighted by molar-refractivity contribution is 0.0943. The lowest BCUT2D eigenvalue weighted by Crippen LogP contribution is -2.26. The quantitative estimate of drug-likeness (QED) is 0.793. The van der Waals surface area contributed by atoms with Gasteiger partial charge >= 0.3 is 0 Å². The van der Waals surface area contributed by atoms with E-state index >= 15 is 0 Å². The molecule has 0 aliphatic carbocycles. The van der Waals surface area contributed by atoms with Crippen LogP contribution in [0.15, 0.2) is 22.8 Å². The monoisotopic (exact) mass is 220 g/mol. The fourth-order valence-electron chi connectivity index (χ4n) is 1.28. The normalized spacial score (nSPS) is 10.3. The van der Waals surface area contributed by atoms with E-state index in [4.69, 9.17) is 4.42 Å². The Kier molecular flexibility index (Phi) is 3.00. The van der Waals surface area contributed by atoms with E-state index in [2.05, 4.69) is 20.5 Å². The minimum atomic E-state index is -0.282. The summed E-state index contributed by atoms with van der Waals surface area (Å²) in [5.41, 5.74) is 0. The minimum Gasteiger partial charge on any atom is -0.469 e. The number of aromatic nitrogens is 3. The van der Waals surface area contributed by atoms with Crippen LogP contribution in [-0.4, -0.2) is 27.6 Å². The highest BCUT2D eigenvalue weighted by atomic mass is 16.3. The van der Waals surface area contributed by atoms with E-state index in [1.807, 2.05) is 12.1 Å². The van der Waals surface area contributed by atoms with Crippen molar-refractivity contribution in [1.82, 2.24) is 20.5 Å². The number of aromatic amines is 1. The average molecular weight is 220 g/mol. The van der Waals surface area contributed by atoms with Crippen molar-refractivity contribution in [3.63, 3.8) is 0 Å². The van der Waals surface area contributed by atoms with Gasteiger partial charge in [0, 0.05) is 13.0 Å². The Morgan fingerprint density at radius 1 is 1.62 bits per heavy atom. The standard InChI is InChI=1S/C10H12N4O2/c1-7-12-9(14-13-7)10(15)11-5-4-8-3-2-6-16-8/h2-3,6H,4-5H2,1H3,(H,11,15)(H,12,13,14). The van der Waals surface area contributed by atoms with Crippen LogP contribution in [0.3, 0.4) is 0 Å². The fourth-order valence-corrected chi connectivity index (χ4v) is 1.28. The third-order valence-corrected chi connectivity index (χ3v) is 2.04. The third-order valence-electron chi connectivity index (χ3n) is 2.04. The number of nitrogens with one attached hydrogen (secondary N) is 2. The largest absolute Gasteiger partial charge is 0.469 e. The van der Waals surface area contributed by atoms with Gasteiger partial charge in [0.2, 0.25) is 5.82 Å². The molecule has 0 aliphatic heterocycles. The van der Waals surface area contributed by atoms with E-state index < -0.39 is 0 Å². The molecule has 0 aliphatic rings. The number of amides is 1. The van der Waals surface area contributed by atoms with Crippen LogP contribution in [0.4, 0.5) is 0 Å². The summed E-state index contributed by atoms with van der Waals surface area (Å²) in [7, 11) is 0. The van der Waals surface area contributed by atoms with Gasteiger partial charge in [-0.05, 0) is 19.1 Å². The molecule has 0 atom stereocenters. The molecule has 2 rings (SSSR count). The van der Waals surface area contributed by atoms with Crippen LogP contribution in [0.5, 0.6) is 0 Å². The predicted octanol–water partition coefficient (Wildman–Crippen LogP) is 0.679. The lowest BCUT2D eigenvalue weighted by atomic mass is 10.3. The summed E-state index contributed by atoms with van der Waals surface area (Å²) in [5, 5.41) is 9.08. The van der Waals surface area contributed by atoms with E-state index in [1.54, 1.807) is 13.2 Å². The van der Waals surface area contributed by atoms with Gasteiger partial charge in [-0.1, -0.05) is 0 Å². The zero-order valence-corrected chi connectivity index (χ0v) is 8.86. The molecule has 0 fully saturated rings. The van der Waals surface area contributed by atoms with Gasteiger partial charge in [-0.15, -0.1) is 5.10 Å². The maximum Gasteiger partial charge on any atom is 0.290 e. The van der Waals surface area contributed by atoms with Crippen LogP contribution < -0.4 is 5.32 Å². The summed E-state index contributed by atoms with van der Waals surface area (Å²) in [6, 6.07) is 3.68. The van der Waals surface area contributed by atoms with Crippen LogP contribution in [0.2, 0.25) is 0 Å². The zero-order valence-electron chi connectivity index (χ0n) is 8.86. The van der Waals surface area contributed by atoms with Crippen LogP contribution >= 0.6 is 0 Å². The highest BCUT2D eigenvalue weighted by Gasteiger charge is 2.10. The van der Waals surface area contributed by atoms with Gasteiger partial charge in [0.05, 0.1) is 6.26 Å². The predicted molar refractivity (Wildman–Crippen MR) is 55.9 cm³/mol. The molecule has 2 aromatic heterocycles. The first kappa shape index (κ1) is 10.4. The molecule has 0 spiro atoms. The Hall–Kier alpha value is -2.11. The number of aryl methyl sites for hydroxylation is 1. The van der Waals surface area contributed by atoms with Crippen molar-refractivity contribution >= 4 is 5.91 Å². The van der Waals surface area contributed by atoms with E-state index in [9.17, 15) is 4.79 Å². The average Bonchev–Trinajstić information content (AvgIpc) is 2.89. The smallest absolute Gasteiger partial charge is 0.290 e. The molecule has 2 aromatic rings. The maximum absolute atomic E-state index is 11.5. The van der Waals surface area contributed by atoms with Crippen molar-refractivity contribution in [2.45, 2.75) is 13.3 Å². The summed E-state index contributed by atoms with van der Waals surface area (Å²) >= 11 is 0. The van der Waals surface area contributed by atoms with E-state index in [-0.39, 0.29) is 11.7 Å². The molecular weight excluding hydrogens is 208 g/mol. The molecule has 0 bridgehead atoms. The number of rotatable bonds is 4. The molecular formula is C10H12N4O2. The van der Waals surface area contributed by atoms with Crippen LogP contribution in [0.1, 0.15) is 22.2 Å². The van der Waals surface area contributed by atoms with Gasteiger partial charge in [0.25, 0.3) is 5.91 Å². The molecule has 16 heavy (non-hydrogen) atoms. The molecule has 0 unspecified atom stereocenters. The lowest BCUT2D eigenvalue weighted by Gasteiger charge is -1.99. The number of hydrogen-bond acceptors (Lipinski definition) is 4. The summed E-state index contributed by atoms with van der Waals surface area (Å²) in [6.07, 6.45) is 2.26. The highest BCUT2D eigenvalue weighted by molar-refractivity contribution is 5.90. The molecule has 6 heteroatoms. The van der Waals surface area contributed by atoms with E-state index in [1.165, 1.54) is 0 Å². The van der Waals surface area contributed by atoms with Crippen LogP contribution in [0.25, 0.3) is 0 Å². The molecule has 84 valence electrons. The van der Waals surface area contributed by atoms with Crippen LogP contribution in [-0.2, 0) is 6.42 Å². The van der Waals surface area contributed by atoms with Gasteiger partial charge in [-0.2, -0.15) is 0 Å². The number of furan rings is 1. The summed E-state index contributed by atoms with van der Waals surface area (Å²) in [5.74, 6) is 1.34. The molecule has 0 aromatic carbocycles. The number of nitrogens with zero attached hydrogens (tertiary/aromatic N) is 2. The topological polar surface area (TPSA) is 83.8 Å². The SMILES string of the molecule is Cc1nc(C(=O)NCCc2ccco2)n[nH]1. The second kappa shape index (κ2) is 4.61. The molecule has 2 N–H and O–H groups in total. The summed E-state index contributed by atoms with van der Waals surface area (Å²) in [6.45, 7) is 2.24. The Bertz CT molecular complexity index is 461. The molecule has 0 saturated carbocycles. The van der Waals surface area contributed by atoms with Crippen molar-refractivity contribution < 1.29 is 9.21 Å². The Balaban J connectivity index is 1.80. The number of hydrogen-bond donors (Lipinski definition) is 2. The molecule has 0 saturated heterocycles. The second-order valence-electron chi connectivity index (χ2n) is 3.33. The van der Waals surface area contributed by atoms with Gasteiger partial charge in [0.15, 0.2) is 0 Å². The van der Waals surface area contributed by atoms with Gasteiger partial charge in [0.1, 0.15) is 11.6 Å². The summed E-state index contributed by atoms with van der Waals surface area (Å²) < 4.78 is 5.14. The Morgan fingerprint density at radius 3 is 3.12 bits per heavy atom.